The Kier molecular flexibility index (Phi) is 5.60. The van der Waals surface area contributed by atoms with Crippen LogP contribution in [0.5, 0.6) is 0 Å². The minimum Gasteiger partial charge on any atom is -0.213 e. The predicted molar refractivity (Wildman–Crippen MR) is 86.1 cm³/mol. The fourth-order valence-corrected chi connectivity index (χ4v) is 4.82. The van der Waals surface area contributed by atoms with Gasteiger partial charge in [0.2, 0.25) is 20.0 Å². The van der Waals surface area contributed by atoms with Gasteiger partial charge in [0.05, 0.1) is 11.2 Å². The quantitative estimate of drug-likeness (QED) is 0.756. The summed E-state index contributed by atoms with van der Waals surface area (Å²) in [6, 6.07) is 4.96. The van der Waals surface area contributed by atoms with Gasteiger partial charge in [-0.3, -0.25) is 0 Å². The Bertz CT molecular complexity index is 728. The van der Waals surface area contributed by atoms with Gasteiger partial charge in [-0.05, 0) is 38.5 Å². The number of rotatable bonds is 6. The number of halogens is 1. The monoisotopic (exact) mass is 398 g/mol. The van der Waals surface area contributed by atoms with E-state index in [9.17, 15) is 16.8 Å². The lowest BCUT2D eigenvalue weighted by Crippen LogP contribution is -2.50. The molecule has 0 atom stereocenters. The molecular weight excluding hydrogens is 380 g/mol. The average Bonchev–Trinajstić information content (AvgIpc) is 2.27. The highest BCUT2D eigenvalue weighted by molar-refractivity contribution is 9.10. The van der Waals surface area contributed by atoms with Crippen molar-refractivity contribution in [2.75, 3.05) is 12.8 Å². The molecule has 9 heteroatoms. The first-order chi connectivity index (χ1) is 9.32. The van der Waals surface area contributed by atoms with Gasteiger partial charge in [-0.2, -0.15) is 0 Å². The first kappa shape index (κ1) is 18.6. The predicted octanol–water partition coefficient (Wildman–Crippen LogP) is 1.36. The third-order valence-corrected chi connectivity index (χ3v) is 5.57. The molecule has 0 saturated heterocycles. The molecular formula is C12H19BrN2O4S2. The van der Waals surface area contributed by atoms with Crippen LogP contribution in [0.1, 0.15) is 19.4 Å². The molecule has 0 radical (unpaired) electrons. The summed E-state index contributed by atoms with van der Waals surface area (Å²) in [4.78, 5) is 0.159. The molecule has 0 aliphatic rings. The fraction of sp³-hybridized carbons (Fsp3) is 0.500. The normalized spacial score (nSPS) is 13.4. The van der Waals surface area contributed by atoms with E-state index < -0.39 is 25.6 Å². The van der Waals surface area contributed by atoms with E-state index in [0.717, 1.165) is 6.26 Å². The second-order valence-corrected chi connectivity index (χ2v) is 9.89. The molecule has 6 nitrogen and oxygen atoms in total. The van der Waals surface area contributed by atoms with E-state index in [1.54, 1.807) is 32.9 Å². The minimum atomic E-state index is -3.72. The Morgan fingerprint density at radius 3 is 2.29 bits per heavy atom. The SMILES string of the molecule is Cc1ccc(Br)cc1S(=O)(=O)NCC(C)(C)NS(C)(=O)=O. The summed E-state index contributed by atoms with van der Waals surface area (Å²) in [7, 11) is -7.14. The Morgan fingerprint density at radius 1 is 1.19 bits per heavy atom. The van der Waals surface area contributed by atoms with E-state index in [4.69, 9.17) is 0 Å². The molecule has 0 aromatic heterocycles. The Hall–Kier alpha value is -0.480. The van der Waals surface area contributed by atoms with Crippen molar-refractivity contribution in [1.82, 2.24) is 9.44 Å². The smallest absolute Gasteiger partial charge is 0.213 e. The minimum absolute atomic E-state index is 0.0612. The number of hydrogen-bond donors (Lipinski definition) is 2. The fourth-order valence-electron chi connectivity index (χ4n) is 1.75. The number of nitrogens with one attached hydrogen (secondary N) is 2. The van der Waals surface area contributed by atoms with Gasteiger partial charge in [0.1, 0.15) is 0 Å². The molecule has 0 heterocycles. The molecule has 0 unspecified atom stereocenters. The van der Waals surface area contributed by atoms with Crippen molar-refractivity contribution >= 4 is 36.0 Å². The van der Waals surface area contributed by atoms with Gasteiger partial charge in [-0.15, -0.1) is 0 Å². The molecule has 0 fully saturated rings. The van der Waals surface area contributed by atoms with E-state index in [0.29, 0.717) is 10.0 Å². The topological polar surface area (TPSA) is 92.3 Å². The molecule has 0 bridgehead atoms. The Balaban J connectivity index is 2.94. The highest BCUT2D eigenvalue weighted by Gasteiger charge is 2.26. The summed E-state index contributed by atoms with van der Waals surface area (Å²) in [6.07, 6.45) is 1.03. The highest BCUT2D eigenvalue weighted by Crippen LogP contribution is 2.20. The molecule has 0 amide bonds. The summed E-state index contributed by atoms with van der Waals surface area (Å²) in [5.74, 6) is 0. The van der Waals surface area contributed by atoms with Crippen molar-refractivity contribution in [2.45, 2.75) is 31.2 Å². The van der Waals surface area contributed by atoms with E-state index in [2.05, 4.69) is 25.4 Å². The van der Waals surface area contributed by atoms with Gasteiger partial charge < -0.3 is 0 Å². The second-order valence-electron chi connectivity index (χ2n) is 5.49. The first-order valence-electron chi connectivity index (χ1n) is 6.07. The van der Waals surface area contributed by atoms with Crippen molar-refractivity contribution in [3.63, 3.8) is 0 Å². The van der Waals surface area contributed by atoms with Crippen LogP contribution in [0, 0.1) is 6.92 Å². The third-order valence-electron chi connectivity index (χ3n) is 2.61. The van der Waals surface area contributed by atoms with Crippen LogP contribution in [-0.4, -0.2) is 35.2 Å². The number of sulfonamides is 2. The maximum absolute atomic E-state index is 12.3. The molecule has 0 aliphatic heterocycles. The molecule has 1 aromatic rings. The summed E-state index contributed by atoms with van der Waals surface area (Å²) in [6.45, 7) is 4.84. The molecule has 0 spiro atoms. The number of benzene rings is 1. The molecule has 1 rings (SSSR count). The summed E-state index contributed by atoms with van der Waals surface area (Å²) in [5, 5.41) is 0. The van der Waals surface area contributed by atoms with Crippen LogP contribution in [0.2, 0.25) is 0 Å². The molecule has 120 valence electrons. The van der Waals surface area contributed by atoms with Crippen LogP contribution in [0.3, 0.4) is 0 Å². The van der Waals surface area contributed by atoms with Gasteiger partial charge in [-0.25, -0.2) is 26.3 Å². The standard InChI is InChI=1S/C12H19BrN2O4S2/c1-9-5-6-10(13)7-11(9)21(18,19)14-8-12(2,3)15-20(4,16)17/h5-7,14-15H,8H2,1-4H3. The van der Waals surface area contributed by atoms with E-state index in [1.807, 2.05) is 0 Å². The molecule has 2 N–H and O–H groups in total. The summed E-state index contributed by atoms with van der Waals surface area (Å²) in [5.41, 5.74) is -0.319. The van der Waals surface area contributed by atoms with Gasteiger partial charge in [-0.1, -0.05) is 22.0 Å². The lowest BCUT2D eigenvalue weighted by Gasteiger charge is -2.25. The zero-order valence-corrected chi connectivity index (χ0v) is 15.5. The first-order valence-corrected chi connectivity index (χ1v) is 10.2. The van der Waals surface area contributed by atoms with Gasteiger partial charge >= 0.3 is 0 Å². The van der Waals surface area contributed by atoms with Gasteiger partial charge in [0, 0.05) is 16.6 Å². The lowest BCUT2D eigenvalue weighted by molar-refractivity contribution is 0.446. The average molecular weight is 399 g/mol. The van der Waals surface area contributed by atoms with E-state index in [-0.39, 0.29) is 11.4 Å². The van der Waals surface area contributed by atoms with Crippen LogP contribution in [0.25, 0.3) is 0 Å². The van der Waals surface area contributed by atoms with Crippen LogP contribution in [-0.2, 0) is 20.0 Å². The van der Waals surface area contributed by atoms with Gasteiger partial charge in [0.25, 0.3) is 0 Å². The Morgan fingerprint density at radius 2 is 1.76 bits per heavy atom. The van der Waals surface area contributed by atoms with E-state index >= 15 is 0 Å². The largest absolute Gasteiger partial charge is 0.240 e. The maximum Gasteiger partial charge on any atom is 0.240 e. The van der Waals surface area contributed by atoms with Crippen LogP contribution in [0.4, 0.5) is 0 Å². The van der Waals surface area contributed by atoms with Crippen molar-refractivity contribution in [3.05, 3.63) is 28.2 Å². The Labute approximate surface area is 134 Å². The van der Waals surface area contributed by atoms with Gasteiger partial charge in [0.15, 0.2) is 0 Å². The van der Waals surface area contributed by atoms with Crippen LogP contribution >= 0.6 is 15.9 Å². The zero-order chi connectivity index (χ0) is 16.5. The van der Waals surface area contributed by atoms with Crippen LogP contribution < -0.4 is 9.44 Å². The molecule has 0 saturated carbocycles. The second kappa shape index (κ2) is 6.33. The van der Waals surface area contributed by atoms with Crippen molar-refractivity contribution in [2.24, 2.45) is 0 Å². The third kappa shape index (κ3) is 6.03. The lowest BCUT2D eigenvalue weighted by atomic mass is 10.1. The van der Waals surface area contributed by atoms with Crippen molar-refractivity contribution in [1.29, 1.82) is 0 Å². The van der Waals surface area contributed by atoms with Crippen LogP contribution in [0.15, 0.2) is 27.6 Å². The number of hydrogen-bond acceptors (Lipinski definition) is 4. The number of aryl methyl sites for hydroxylation is 1. The molecule has 0 aliphatic carbocycles. The summed E-state index contributed by atoms with van der Waals surface area (Å²) >= 11 is 3.24. The van der Waals surface area contributed by atoms with E-state index in [1.165, 1.54) is 6.07 Å². The zero-order valence-electron chi connectivity index (χ0n) is 12.3. The molecule has 21 heavy (non-hydrogen) atoms. The molecule has 1 aromatic carbocycles. The maximum atomic E-state index is 12.3. The van der Waals surface area contributed by atoms with Crippen molar-refractivity contribution < 1.29 is 16.8 Å². The van der Waals surface area contributed by atoms with Crippen molar-refractivity contribution in [3.8, 4) is 0 Å². The highest BCUT2D eigenvalue weighted by atomic mass is 79.9. The summed E-state index contributed by atoms with van der Waals surface area (Å²) < 4.78 is 52.6.